The summed E-state index contributed by atoms with van der Waals surface area (Å²) >= 11 is 3.98. The van der Waals surface area contributed by atoms with E-state index in [0.717, 1.165) is 0 Å². The number of azide groups is 1. The van der Waals surface area contributed by atoms with Crippen molar-refractivity contribution < 1.29 is 10.2 Å². The minimum atomic E-state index is -0.985. The van der Waals surface area contributed by atoms with Crippen LogP contribution in [0.3, 0.4) is 0 Å². The van der Waals surface area contributed by atoms with E-state index in [0.29, 0.717) is 23.4 Å². The van der Waals surface area contributed by atoms with E-state index in [1.54, 1.807) is 24.3 Å². The molecule has 5 nitrogen and oxygen atoms in total. The fourth-order valence-corrected chi connectivity index (χ4v) is 1.60. The number of benzene rings is 1. The molecule has 1 aromatic rings. The van der Waals surface area contributed by atoms with Crippen LogP contribution < -0.4 is 0 Å². The molecule has 2 unspecified atom stereocenters. The topological polar surface area (TPSA) is 89.2 Å². The molecule has 6 heteroatoms. The maximum atomic E-state index is 9.79. The second-order valence-electron chi connectivity index (χ2n) is 3.31. The van der Waals surface area contributed by atoms with Crippen LogP contribution in [-0.4, -0.2) is 22.1 Å². The number of hydrogen-bond donors (Lipinski definition) is 3. The third-order valence-electron chi connectivity index (χ3n) is 2.16. The zero-order valence-corrected chi connectivity index (χ0v) is 9.46. The minimum Gasteiger partial charge on any atom is -0.390 e. The molecule has 0 aliphatic carbocycles. The molecule has 2 N–H and O–H groups in total. The smallest absolute Gasteiger partial charge is 0.105 e. The highest BCUT2D eigenvalue weighted by molar-refractivity contribution is 7.80. The largest absolute Gasteiger partial charge is 0.390 e. The maximum Gasteiger partial charge on any atom is 0.105 e. The van der Waals surface area contributed by atoms with Gasteiger partial charge in [0.25, 0.3) is 0 Å². The van der Waals surface area contributed by atoms with Crippen LogP contribution in [0.5, 0.6) is 0 Å². The van der Waals surface area contributed by atoms with Gasteiger partial charge in [0.15, 0.2) is 0 Å². The molecule has 0 amide bonds. The highest BCUT2D eigenvalue weighted by Gasteiger charge is 2.17. The van der Waals surface area contributed by atoms with Crippen LogP contribution in [0.1, 0.15) is 18.1 Å². The molecule has 0 fully saturated rings. The summed E-state index contributed by atoms with van der Waals surface area (Å²) in [6.07, 6.45) is -1.45. The van der Waals surface area contributed by atoms with Gasteiger partial charge in [-0.1, -0.05) is 23.3 Å². The van der Waals surface area contributed by atoms with Gasteiger partial charge in [-0.05, 0) is 29.3 Å². The zero-order valence-electron chi connectivity index (χ0n) is 8.56. The van der Waals surface area contributed by atoms with Crippen LogP contribution in [0, 0.1) is 0 Å². The van der Waals surface area contributed by atoms with Crippen molar-refractivity contribution in [3.05, 3.63) is 40.3 Å². The van der Waals surface area contributed by atoms with Gasteiger partial charge < -0.3 is 10.2 Å². The summed E-state index contributed by atoms with van der Waals surface area (Å²) in [5, 5.41) is 22.8. The zero-order chi connectivity index (χ0) is 12.0. The summed E-state index contributed by atoms with van der Waals surface area (Å²) in [4.78, 5) is 2.66. The van der Waals surface area contributed by atoms with Crippen molar-refractivity contribution in [3.63, 3.8) is 0 Å². The molecule has 0 aliphatic rings. The average molecular weight is 239 g/mol. The van der Waals surface area contributed by atoms with Crippen LogP contribution in [0.15, 0.2) is 29.4 Å². The van der Waals surface area contributed by atoms with Crippen LogP contribution in [0.4, 0.5) is 5.69 Å². The fraction of sp³-hybridized carbons (Fsp3) is 0.400. The van der Waals surface area contributed by atoms with E-state index in [1.165, 1.54) is 0 Å². The molecule has 0 aromatic heterocycles. The Morgan fingerprint density at radius 3 is 2.81 bits per heavy atom. The molecule has 0 saturated heterocycles. The van der Waals surface area contributed by atoms with E-state index in [9.17, 15) is 10.2 Å². The number of aliphatic hydroxyl groups excluding tert-OH is 2. The monoisotopic (exact) mass is 239 g/mol. The summed E-state index contributed by atoms with van der Waals surface area (Å²) < 4.78 is 0. The van der Waals surface area contributed by atoms with Gasteiger partial charge in [0.2, 0.25) is 0 Å². The molecule has 0 radical (unpaired) electrons. The van der Waals surface area contributed by atoms with Gasteiger partial charge in [-0.15, -0.1) is 0 Å². The van der Waals surface area contributed by atoms with Crippen molar-refractivity contribution >= 4 is 18.3 Å². The second kappa shape index (κ2) is 6.40. The quantitative estimate of drug-likeness (QED) is 0.318. The van der Waals surface area contributed by atoms with Crippen molar-refractivity contribution in [1.82, 2.24) is 0 Å². The Morgan fingerprint density at radius 1 is 1.44 bits per heavy atom. The summed E-state index contributed by atoms with van der Waals surface area (Å²) in [5.74, 6) is 0.494. The second-order valence-corrected chi connectivity index (χ2v) is 3.76. The lowest BCUT2D eigenvalue weighted by Gasteiger charge is -2.17. The first-order chi connectivity index (χ1) is 7.69. The number of thiol groups is 1. The lowest BCUT2D eigenvalue weighted by Crippen LogP contribution is -2.18. The maximum absolute atomic E-state index is 9.79. The fourth-order valence-electron chi connectivity index (χ4n) is 1.33. The van der Waals surface area contributed by atoms with Crippen molar-refractivity contribution in [3.8, 4) is 0 Å². The normalized spacial score (nSPS) is 13.9. The third kappa shape index (κ3) is 3.43. The van der Waals surface area contributed by atoms with Gasteiger partial charge >= 0.3 is 0 Å². The van der Waals surface area contributed by atoms with E-state index in [2.05, 4.69) is 22.7 Å². The molecule has 0 spiro atoms. The molecule has 16 heavy (non-hydrogen) atoms. The molecule has 0 bridgehead atoms. The Hall–Kier alpha value is -1.20. The Balaban J connectivity index is 2.86. The summed E-state index contributed by atoms with van der Waals surface area (Å²) in [6, 6.07) is 6.51. The highest BCUT2D eigenvalue weighted by Crippen LogP contribution is 2.23. The highest BCUT2D eigenvalue weighted by atomic mass is 32.1. The Labute approximate surface area is 98.8 Å². The van der Waals surface area contributed by atoms with Gasteiger partial charge in [-0.25, -0.2) is 0 Å². The number of nitrogens with zero attached hydrogens (tertiary/aromatic N) is 3. The lowest BCUT2D eigenvalue weighted by molar-refractivity contribution is 0.0173. The van der Waals surface area contributed by atoms with E-state index < -0.39 is 12.2 Å². The molecule has 1 aromatic carbocycles. The predicted molar refractivity (Wildman–Crippen MR) is 64.7 cm³/mol. The number of hydrogen-bond acceptors (Lipinski definition) is 4. The third-order valence-corrected chi connectivity index (χ3v) is 2.42. The first-order valence-corrected chi connectivity index (χ1v) is 5.44. The molecule has 0 aliphatic heterocycles. The Bertz CT molecular complexity index is 393. The van der Waals surface area contributed by atoms with Gasteiger partial charge in [0.1, 0.15) is 6.10 Å². The van der Waals surface area contributed by atoms with Crippen molar-refractivity contribution in [2.75, 3.05) is 5.75 Å². The summed E-state index contributed by atoms with van der Waals surface area (Å²) in [7, 11) is 0. The minimum absolute atomic E-state index is 0.399. The van der Waals surface area contributed by atoms with Crippen molar-refractivity contribution in [2.24, 2.45) is 5.11 Å². The van der Waals surface area contributed by atoms with Gasteiger partial charge in [-0.3, -0.25) is 0 Å². The lowest BCUT2D eigenvalue weighted by atomic mass is 10.0. The van der Waals surface area contributed by atoms with Gasteiger partial charge in [-0.2, -0.15) is 12.6 Å². The molecular weight excluding hydrogens is 226 g/mol. The first kappa shape index (κ1) is 12.9. The van der Waals surface area contributed by atoms with Gasteiger partial charge in [0.05, 0.1) is 6.10 Å². The standard InChI is InChI=1S/C10H13N3O2S/c11-13-12-8-3-1-2-7(6-8)10(15)9(14)4-5-16/h1-3,6,9-10,14-16H,4-5H2. The van der Waals surface area contributed by atoms with E-state index in [-0.39, 0.29) is 0 Å². The van der Waals surface area contributed by atoms with Gasteiger partial charge in [0, 0.05) is 10.6 Å². The van der Waals surface area contributed by atoms with Crippen LogP contribution in [0.2, 0.25) is 0 Å². The predicted octanol–water partition coefficient (Wildman–Crippen LogP) is 2.34. The number of rotatable bonds is 5. The first-order valence-electron chi connectivity index (χ1n) is 4.81. The molecule has 0 heterocycles. The van der Waals surface area contributed by atoms with Crippen molar-refractivity contribution in [2.45, 2.75) is 18.6 Å². The summed E-state index contributed by atoms with van der Waals surface area (Å²) in [6.45, 7) is 0. The van der Waals surface area contributed by atoms with Crippen LogP contribution in [0.25, 0.3) is 10.4 Å². The molecule has 1 rings (SSSR count). The molecule has 86 valence electrons. The molecule has 2 atom stereocenters. The van der Waals surface area contributed by atoms with Crippen molar-refractivity contribution in [1.29, 1.82) is 0 Å². The van der Waals surface area contributed by atoms with E-state index in [4.69, 9.17) is 5.53 Å². The summed E-state index contributed by atoms with van der Waals surface area (Å²) in [5.41, 5.74) is 9.22. The SMILES string of the molecule is [N-]=[N+]=Nc1cccc(C(O)C(O)CCS)c1. The van der Waals surface area contributed by atoms with Crippen LogP contribution in [-0.2, 0) is 0 Å². The molecule has 0 saturated carbocycles. The van der Waals surface area contributed by atoms with Crippen LogP contribution >= 0.6 is 12.6 Å². The van der Waals surface area contributed by atoms with E-state index >= 15 is 0 Å². The Kier molecular flexibility index (Phi) is 5.14. The molecular formula is C10H13N3O2S. The van der Waals surface area contributed by atoms with E-state index in [1.807, 2.05) is 0 Å². The number of aliphatic hydroxyl groups is 2. The Morgan fingerprint density at radius 2 is 2.19 bits per heavy atom. The average Bonchev–Trinajstić information content (AvgIpc) is 2.29.